The SMILES string of the molecule is C=C1COC(=O)C12CC1(C)C(C)CCC(OC(C)=O)C1C2OC(=O)C(C)=CC. The van der Waals surface area contributed by atoms with Gasteiger partial charge in [0, 0.05) is 18.4 Å². The van der Waals surface area contributed by atoms with Gasteiger partial charge in [0.25, 0.3) is 0 Å². The first kappa shape index (κ1) is 20.6. The van der Waals surface area contributed by atoms with Crippen molar-refractivity contribution in [2.24, 2.45) is 22.7 Å². The minimum Gasteiger partial charge on any atom is -0.462 e. The molecule has 0 aromatic carbocycles. The summed E-state index contributed by atoms with van der Waals surface area (Å²) in [6, 6.07) is 0. The lowest BCUT2D eigenvalue weighted by atomic mass is 9.61. The van der Waals surface area contributed by atoms with E-state index < -0.39 is 29.6 Å². The molecule has 0 amide bonds. The van der Waals surface area contributed by atoms with E-state index in [2.05, 4.69) is 20.4 Å². The molecule has 6 heteroatoms. The Hall–Kier alpha value is -2.11. The normalized spacial score (nSPS) is 40.2. The maximum atomic E-state index is 13.0. The first-order chi connectivity index (χ1) is 13.1. The Kier molecular flexibility index (Phi) is 5.19. The van der Waals surface area contributed by atoms with Crippen LogP contribution in [-0.2, 0) is 28.6 Å². The summed E-state index contributed by atoms with van der Waals surface area (Å²) in [6.45, 7) is 13.3. The molecule has 6 atom stereocenters. The standard InChI is InChI=1S/C22H30O6/c1-7-12(2)19(24)28-18-17-16(27-15(5)23)9-8-13(3)21(17,6)11-22(18)14(4)10-26-20(22)25/h7,13,16-18H,4,8-11H2,1-3,5-6H3. The van der Waals surface area contributed by atoms with Gasteiger partial charge in [-0.1, -0.05) is 26.5 Å². The molecule has 0 N–H and O–H groups in total. The van der Waals surface area contributed by atoms with E-state index in [-0.39, 0.29) is 29.8 Å². The van der Waals surface area contributed by atoms with Crippen molar-refractivity contribution >= 4 is 17.9 Å². The van der Waals surface area contributed by atoms with Crippen molar-refractivity contribution in [2.75, 3.05) is 6.61 Å². The molecule has 2 aliphatic carbocycles. The predicted octanol–water partition coefficient (Wildman–Crippen LogP) is 3.35. The van der Waals surface area contributed by atoms with E-state index in [9.17, 15) is 14.4 Å². The monoisotopic (exact) mass is 390 g/mol. The molecular weight excluding hydrogens is 360 g/mol. The highest BCUT2D eigenvalue weighted by Gasteiger charge is 2.72. The molecule has 3 aliphatic rings. The van der Waals surface area contributed by atoms with Gasteiger partial charge in [-0.25, -0.2) is 4.79 Å². The first-order valence-electron chi connectivity index (χ1n) is 9.94. The Labute approximate surface area is 166 Å². The third-order valence-corrected chi connectivity index (χ3v) is 7.32. The van der Waals surface area contributed by atoms with Crippen molar-refractivity contribution in [1.29, 1.82) is 0 Å². The van der Waals surface area contributed by atoms with Crippen LogP contribution in [0.2, 0.25) is 0 Å². The van der Waals surface area contributed by atoms with E-state index in [0.29, 0.717) is 24.0 Å². The van der Waals surface area contributed by atoms with Crippen molar-refractivity contribution in [3.05, 3.63) is 23.8 Å². The lowest BCUT2D eigenvalue weighted by Crippen LogP contribution is -2.50. The van der Waals surface area contributed by atoms with Crippen LogP contribution in [0.1, 0.15) is 53.9 Å². The number of cyclic esters (lactones) is 1. The molecule has 6 unspecified atom stereocenters. The van der Waals surface area contributed by atoms with Gasteiger partial charge in [-0.15, -0.1) is 0 Å². The summed E-state index contributed by atoms with van der Waals surface area (Å²) in [4.78, 5) is 37.4. The molecule has 3 fully saturated rings. The van der Waals surface area contributed by atoms with Crippen molar-refractivity contribution in [2.45, 2.75) is 66.1 Å². The van der Waals surface area contributed by atoms with Crippen molar-refractivity contribution in [1.82, 2.24) is 0 Å². The number of carbonyl (C=O) groups is 3. The second-order valence-corrected chi connectivity index (χ2v) is 8.78. The number of rotatable bonds is 3. The van der Waals surface area contributed by atoms with Crippen LogP contribution in [-0.4, -0.2) is 36.7 Å². The number of carbonyl (C=O) groups excluding carboxylic acids is 3. The highest BCUT2D eigenvalue weighted by Crippen LogP contribution is 2.66. The van der Waals surface area contributed by atoms with E-state index in [1.807, 2.05) is 0 Å². The third kappa shape index (κ3) is 2.88. The van der Waals surface area contributed by atoms with Gasteiger partial charge in [0.05, 0.1) is 0 Å². The minimum absolute atomic E-state index is 0.130. The molecule has 0 radical (unpaired) electrons. The van der Waals surface area contributed by atoms with E-state index in [0.717, 1.165) is 6.42 Å². The predicted molar refractivity (Wildman–Crippen MR) is 102 cm³/mol. The molecule has 28 heavy (non-hydrogen) atoms. The number of esters is 3. The van der Waals surface area contributed by atoms with Gasteiger partial charge in [-0.05, 0) is 50.0 Å². The first-order valence-corrected chi connectivity index (χ1v) is 9.94. The number of ether oxygens (including phenoxy) is 3. The van der Waals surface area contributed by atoms with E-state index in [4.69, 9.17) is 14.2 Å². The Bertz CT molecular complexity index is 734. The third-order valence-electron chi connectivity index (χ3n) is 7.32. The van der Waals surface area contributed by atoms with Crippen LogP contribution in [0.5, 0.6) is 0 Å². The molecule has 1 aliphatic heterocycles. The fourth-order valence-corrected chi connectivity index (χ4v) is 5.43. The summed E-state index contributed by atoms with van der Waals surface area (Å²) in [7, 11) is 0. The smallest absolute Gasteiger partial charge is 0.333 e. The van der Waals surface area contributed by atoms with Gasteiger partial charge in [0.2, 0.25) is 0 Å². The molecule has 1 spiro atoms. The second-order valence-electron chi connectivity index (χ2n) is 8.78. The van der Waals surface area contributed by atoms with Gasteiger partial charge < -0.3 is 14.2 Å². The van der Waals surface area contributed by atoms with Crippen LogP contribution in [0.4, 0.5) is 0 Å². The summed E-state index contributed by atoms with van der Waals surface area (Å²) in [5, 5.41) is 0. The number of hydrogen-bond donors (Lipinski definition) is 0. The lowest BCUT2D eigenvalue weighted by Gasteiger charge is -2.46. The fraction of sp³-hybridized carbons (Fsp3) is 0.682. The van der Waals surface area contributed by atoms with Crippen LogP contribution in [0.25, 0.3) is 0 Å². The minimum atomic E-state index is -1.08. The van der Waals surface area contributed by atoms with E-state index in [1.165, 1.54) is 6.92 Å². The number of fused-ring (bicyclic) bond motifs is 1. The topological polar surface area (TPSA) is 78.9 Å². The van der Waals surface area contributed by atoms with Gasteiger partial charge in [0.1, 0.15) is 24.2 Å². The molecule has 0 aromatic rings. The molecule has 1 heterocycles. The molecule has 6 nitrogen and oxygen atoms in total. The second kappa shape index (κ2) is 7.05. The average molecular weight is 390 g/mol. The van der Waals surface area contributed by atoms with Crippen LogP contribution in [0, 0.1) is 22.7 Å². The zero-order valence-electron chi connectivity index (χ0n) is 17.4. The maximum absolute atomic E-state index is 13.0. The molecular formula is C22H30O6. The van der Waals surface area contributed by atoms with E-state index in [1.54, 1.807) is 19.9 Å². The lowest BCUT2D eigenvalue weighted by molar-refractivity contribution is -0.172. The summed E-state index contributed by atoms with van der Waals surface area (Å²) in [5.41, 5.74) is -0.328. The Balaban J connectivity index is 2.12. The molecule has 3 rings (SSSR count). The molecule has 0 bridgehead atoms. The van der Waals surface area contributed by atoms with Gasteiger partial charge in [-0.3, -0.25) is 9.59 Å². The average Bonchev–Trinajstić information content (AvgIpc) is 3.07. The van der Waals surface area contributed by atoms with Gasteiger partial charge in [0.15, 0.2) is 0 Å². The molecule has 0 aromatic heterocycles. The van der Waals surface area contributed by atoms with Crippen molar-refractivity contribution < 1.29 is 28.6 Å². The van der Waals surface area contributed by atoms with E-state index >= 15 is 0 Å². The summed E-state index contributed by atoms with van der Waals surface area (Å²) in [6.07, 6.45) is 2.52. The van der Waals surface area contributed by atoms with Crippen molar-refractivity contribution in [3.63, 3.8) is 0 Å². The molecule has 154 valence electrons. The Morgan fingerprint density at radius 3 is 2.46 bits per heavy atom. The van der Waals surface area contributed by atoms with Crippen molar-refractivity contribution in [3.8, 4) is 0 Å². The van der Waals surface area contributed by atoms with Crippen LogP contribution in [0.3, 0.4) is 0 Å². The molecule has 2 saturated carbocycles. The Morgan fingerprint density at radius 2 is 1.93 bits per heavy atom. The molecule has 1 saturated heterocycles. The number of hydrogen-bond acceptors (Lipinski definition) is 6. The fourth-order valence-electron chi connectivity index (χ4n) is 5.43. The highest BCUT2D eigenvalue weighted by molar-refractivity contribution is 5.90. The van der Waals surface area contributed by atoms with Gasteiger partial charge in [-0.2, -0.15) is 0 Å². The summed E-state index contributed by atoms with van der Waals surface area (Å²) in [5.74, 6) is -1.25. The summed E-state index contributed by atoms with van der Waals surface area (Å²) >= 11 is 0. The Morgan fingerprint density at radius 1 is 1.25 bits per heavy atom. The quantitative estimate of drug-likeness (QED) is 0.318. The van der Waals surface area contributed by atoms with Crippen LogP contribution >= 0.6 is 0 Å². The maximum Gasteiger partial charge on any atom is 0.333 e. The zero-order valence-corrected chi connectivity index (χ0v) is 17.4. The van der Waals surface area contributed by atoms with Crippen LogP contribution < -0.4 is 0 Å². The largest absolute Gasteiger partial charge is 0.462 e. The zero-order chi connectivity index (χ0) is 20.9. The summed E-state index contributed by atoms with van der Waals surface area (Å²) < 4.78 is 17.0. The van der Waals surface area contributed by atoms with Gasteiger partial charge >= 0.3 is 17.9 Å². The highest BCUT2D eigenvalue weighted by atomic mass is 16.6. The van der Waals surface area contributed by atoms with Crippen LogP contribution in [0.15, 0.2) is 23.8 Å². The number of allylic oxidation sites excluding steroid dienone is 1.